The number of aromatic hydroxyl groups is 1. The number of fused-ring (bicyclic) bond motifs is 2. The molecule has 1 fully saturated rings. The number of benzene rings is 2. The SMILES string of the molecule is O=C(O)Cn1cnc2c(-n3nnc4c(C(=O)O)cccc43)nc(N3CCN(c4ccc(O)cc4)CC3)nc21. The average Bonchev–Trinajstić information content (AvgIpc) is 3.52. The average molecular weight is 515 g/mol. The highest BCUT2D eigenvalue weighted by molar-refractivity contribution is 6.01. The second-order valence-corrected chi connectivity index (χ2v) is 8.76. The number of anilines is 2. The zero-order valence-corrected chi connectivity index (χ0v) is 19.8. The quantitative estimate of drug-likeness (QED) is 0.297. The van der Waals surface area contributed by atoms with Crippen LogP contribution in [0, 0.1) is 0 Å². The molecule has 3 N–H and O–H groups in total. The van der Waals surface area contributed by atoms with Crippen molar-refractivity contribution in [2.45, 2.75) is 6.54 Å². The summed E-state index contributed by atoms with van der Waals surface area (Å²) >= 11 is 0. The standard InChI is InChI=1S/C24H21N9O5/c34-15-6-4-14(5-7-15)30-8-10-31(11-9-30)24-26-21-20(25-13-32(21)12-18(35)36)22(27-24)33-17-3-1-2-16(23(37)38)19(17)28-29-33/h1-7,13,34H,8-12H2,(H,35,36)(H,37,38). The molecule has 0 amide bonds. The molecule has 192 valence electrons. The van der Waals surface area contributed by atoms with E-state index in [9.17, 15) is 24.9 Å². The van der Waals surface area contributed by atoms with Crippen LogP contribution in [0.4, 0.5) is 11.6 Å². The normalized spacial score (nSPS) is 13.9. The van der Waals surface area contributed by atoms with E-state index < -0.39 is 11.9 Å². The molecule has 14 nitrogen and oxygen atoms in total. The highest BCUT2D eigenvalue weighted by atomic mass is 16.4. The van der Waals surface area contributed by atoms with Crippen molar-refractivity contribution in [1.82, 2.24) is 34.5 Å². The highest BCUT2D eigenvalue weighted by Crippen LogP contribution is 2.27. The molecular formula is C24H21N9O5. The maximum Gasteiger partial charge on any atom is 0.338 e. The Balaban J connectivity index is 1.42. The molecule has 0 bridgehead atoms. The van der Waals surface area contributed by atoms with Crippen LogP contribution < -0.4 is 9.80 Å². The van der Waals surface area contributed by atoms with Crippen LogP contribution in [0.2, 0.25) is 0 Å². The molecule has 1 saturated heterocycles. The Bertz CT molecular complexity index is 1690. The van der Waals surface area contributed by atoms with Crippen LogP contribution in [-0.4, -0.2) is 88.0 Å². The Hall–Kier alpha value is -5.27. The van der Waals surface area contributed by atoms with E-state index in [0.29, 0.717) is 48.8 Å². The first-order valence-electron chi connectivity index (χ1n) is 11.7. The minimum absolute atomic E-state index is 0.000956. The maximum atomic E-state index is 11.7. The van der Waals surface area contributed by atoms with Gasteiger partial charge in [0.2, 0.25) is 5.95 Å². The monoisotopic (exact) mass is 515 g/mol. The molecule has 1 aliphatic heterocycles. The van der Waals surface area contributed by atoms with Gasteiger partial charge in [-0.05, 0) is 36.4 Å². The number of rotatable bonds is 6. The van der Waals surface area contributed by atoms with E-state index in [4.69, 9.17) is 4.98 Å². The molecule has 14 heteroatoms. The van der Waals surface area contributed by atoms with Crippen LogP contribution >= 0.6 is 0 Å². The van der Waals surface area contributed by atoms with Crippen molar-refractivity contribution in [3.63, 3.8) is 0 Å². The second-order valence-electron chi connectivity index (χ2n) is 8.76. The fraction of sp³-hybridized carbons (Fsp3) is 0.208. The van der Waals surface area contributed by atoms with E-state index in [1.807, 2.05) is 17.0 Å². The fourth-order valence-electron chi connectivity index (χ4n) is 4.57. The summed E-state index contributed by atoms with van der Waals surface area (Å²) in [4.78, 5) is 41.1. The molecule has 0 unspecified atom stereocenters. The summed E-state index contributed by atoms with van der Waals surface area (Å²) in [7, 11) is 0. The minimum Gasteiger partial charge on any atom is -0.508 e. The van der Waals surface area contributed by atoms with Crippen molar-refractivity contribution in [2.24, 2.45) is 0 Å². The molecule has 6 rings (SSSR count). The van der Waals surface area contributed by atoms with E-state index in [1.54, 1.807) is 24.3 Å². The molecule has 38 heavy (non-hydrogen) atoms. The number of carbonyl (C=O) groups is 2. The number of aromatic carboxylic acids is 1. The first-order chi connectivity index (χ1) is 18.4. The molecule has 1 aliphatic rings. The molecule has 4 heterocycles. The molecule has 0 radical (unpaired) electrons. The van der Waals surface area contributed by atoms with E-state index >= 15 is 0 Å². The predicted molar refractivity (Wildman–Crippen MR) is 135 cm³/mol. The number of piperazine rings is 1. The summed E-state index contributed by atoms with van der Waals surface area (Å²) in [6.07, 6.45) is 1.38. The number of imidazole rings is 1. The summed E-state index contributed by atoms with van der Waals surface area (Å²) in [6.45, 7) is 2.16. The largest absolute Gasteiger partial charge is 0.508 e. The lowest BCUT2D eigenvalue weighted by Crippen LogP contribution is -2.47. The van der Waals surface area contributed by atoms with E-state index in [0.717, 1.165) is 5.69 Å². The van der Waals surface area contributed by atoms with Gasteiger partial charge in [0, 0.05) is 31.9 Å². The van der Waals surface area contributed by atoms with Gasteiger partial charge in [0.05, 0.1) is 17.4 Å². The number of phenols is 1. The number of hydrogen-bond acceptors (Lipinski definition) is 10. The van der Waals surface area contributed by atoms with E-state index in [-0.39, 0.29) is 29.2 Å². The van der Waals surface area contributed by atoms with Crippen molar-refractivity contribution >= 4 is 45.8 Å². The van der Waals surface area contributed by atoms with Gasteiger partial charge in [-0.1, -0.05) is 11.3 Å². The molecule has 2 aromatic carbocycles. The van der Waals surface area contributed by atoms with Gasteiger partial charge in [0.1, 0.15) is 17.8 Å². The van der Waals surface area contributed by atoms with Crippen molar-refractivity contribution in [3.05, 3.63) is 54.4 Å². The molecule has 0 atom stereocenters. The van der Waals surface area contributed by atoms with Crippen LogP contribution in [0.15, 0.2) is 48.8 Å². The van der Waals surface area contributed by atoms with Crippen LogP contribution in [0.5, 0.6) is 5.75 Å². The number of carboxylic acids is 2. The number of aromatic nitrogens is 7. The van der Waals surface area contributed by atoms with Gasteiger partial charge in [-0.2, -0.15) is 14.6 Å². The third kappa shape index (κ3) is 3.97. The zero-order chi connectivity index (χ0) is 26.4. The van der Waals surface area contributed by atoms with Crippen molar-refractivity contribution in [3.8, 4) is 11.6 Å². The summed E-state index contributed by atoms with van der Waals surface area (Å²) in [6, 6.07) is 11.7. The minimum atomic E-state index is -1.13. The summed E-state index contributed by atoms with van der Waals surface area (Å²) in [5.41, 5.74) is 2.22. The fourth-order valence-corrected chi connectivity index (χ4v) is 4.57. The first kappa shape index (κ1) is 23.1. The van der Waals surface area contributed by atoms with Crippen LogP contribution in [0.3, 0.4) is 0 Å². The van der Waals surface area contributed by atoms with Gasteiger partial charge >= 0.3 is 11.9 Å². The Kier molecular flexibility index (Phi) is 5.48. The Morgan fingerprint density at radius 2 is 1.63 bits per heavy atom. The smallest absolute Gasteiger partial charge is 0.338 e. The lowest BCUT2D eigenvalue weighted by atomic mass is 10.2. The van der Waals surface area contributed by atoms with Crippen LogP contribution in [0.25, 0.3) is 28.0 Å². The van der Waals surface area contributed by atoms with E-state index in [1.165, 1.54) is 21.6 Å². The van der Waals surface area contributed by atoms with Crippen molar-refractivity contribution in [1.29, 1.82) is 0 Å². The summed E-state index contributed by atoms with van der Waals surface area (Å²) in [5, 5.41) is 36.8. The molecule has 0 aliphatic carbocycles. The topological polar surface area (TPSA) is 176 Å². The van der Waals surface area contributed by atoms with Crippen LogP contribution in [-0.2, 0) is 11.3 Å². The number of nitrogens with zero attached hydrogens (tertiary/aromatic N) is 9. The Morgan fingerprint density at radius 1 is 0.895 bits per heavy atom. The van der Waals surface area contributed by atoms with Crippen molar-refractivity contribution < 1.29 is 24.9 Å². The predicted octanol–water partition coefficient (Wildman–Crippen LogP) is 1.38. The first-order valence-corrected chi connectivity index (χ1v) is 11.7. The molecule has 0 spiro atoms. The molecule has 0 saturated carbocycles. The number of phenolic OH excluding ortho intramolecular Hbond substituents is 1. The lowest BCUT2D eigenvalue weighted by Gasteiger charge is -2.36. The van der Waals surface area contributed by atoms with Gasteiger partial charge in [-0.3, -0.25) is 4.79 Å². The lowest BCUT2D eigenvalue weighted by molar-refractivity contribution is -0.137. The highest BCUT2D eigenvalue weighted by Gasteiger charge is 2.25. The number of aliphatic carboxylic acids is 1. The van der Waals surface area contributed by atoms with Gasteiger partial charge in [-0.25, -0.2) is 9.78 Å². The third-order valence-corrected chi connectivity index (χ3v) is 6.42. The number of hydrogen-bond donors (Lipinski definition) is 3. The van der Waals surface area contributed by atoms with E-state index in [2.05, 4.69) is 25.2 Å². The van der Waals surface area contributed by atoms with Gasteiger partial charge < -0.3 is 29.7 Å². The van der Waals surface area contributed by atoms with Gasteiger partial charge in [0.25, 0.3) is 0 Å². The van der Waals surface area contributed by atoms with Gasteiger partial charge in [-0.15, -0.1) is 5.10 Å². The molecule has 5 aromatic rings. The van der Waals surface area contributed by atoms with Crippen LogP contribution in [0.1, 0.15) is 10.4 Å². The molecule has 3 aromatic heterocycles. The number of carboxylic acid groups (broad SMARTS) is 2. The van der Waals surface area contributed by atoms with Gasteiger partial charge in [0.15, 0.2) is 17.0 Å². The zero-order valence-electron chi connectivity index (χ0n) is 19.8. The Morgan fingerprint density at radius 3 is 2.34 bits per heavy atom. The third-order valence-electron chi connectivity index (χ3n) is 6.42. The molecular weight excluding hydrogens is 494 g/mol. The summed E-state index contributed by atoms with van der Waals surface area (Å²) in [5.74, 6) is -1.35. The van der Waals surface area contributed by atoms with Crippen molar-refractivity contribution in [2.75, 3.05) is 36.0 Å². The maximum absolute atomic E-state index is 11.7. The Labute approximate surface area is 214 Å². The summed E-state index contributed by atoms with van der Waals surface area (Å²) < 4.78 is 2.82. The second kappa shape index (κ2) is 8.99.